The van der Waals surface area contributed by atoms with Crippen LogP contribution in [-0.2, 0) is 4.74 Å². The normalized spacial score (nSPS) is 10.7. The van der Waals surface area contributed by atoms with Gasteiger partial charge in [0.25, 0.3) is 0 Å². The van der Waals surface area contributed by atoms with Crippen LogP contribution in [0.15, 0.2) is 30.3 Å². The second kappa shape index (κ2) is 6.43. The number of aromatic carboxylic acids is 1. The van der Waals surface area contributed by atoms with E-state index >= 15 is 0 Å². The first kappa shape index (κ1) is 15.8. The summed E-state index contributed by atoms with van der Waals surface area (Å²) < 4.78 is 6.55. The zero-order valence-corrected chi connectivity index (χ0v) is 12.7. The number of hydrogen-bond donors (Lipinski definition) is 1. The lowest BCUT2D eigenvalue weighted by atomic mass is 10.1. The Kier molecular flexibility index (Phi) is 4.60. The number of hydrogen-bond acceptors (Lipinski definition) is 4. The number of carboxylic acid groups (broad SMARTS) is 1. The number of nitrogens with zero attached hydrogens (tertiary/aromatic N) is 2. The van der Waals surface area contributed by atoms with E-state index < -0.39 is 11.9 Å². The van der Waals surface area contributed by atoms with Gasteiger partial charge in [-0.05, 0) is 37.1 Å². The summed E-state index contributed by atoms with van der Waals surface area (Å²) in [5.41, 5.74) is 1.79. The molecule has 0 saturated heterocycles. The maximum atomic E-state index is 11.8. The van der Waals surface area contributed by atoms with Crippen LogP contribution in [0.4, 0.5) is 0 Å². The van der Waals surface area contributed by atoms with E-state index in [9.17, 15) is 9.59 Å². The Morgan fingerprint density at radius 3 is 2.64 bits per heavy atom. The SMILES string of the molecule is CCOC(=O)c1cc(C(C)C)n(-c2cccc(C(=O)O)c2)n1. The van der Waals surface area contributed by atoms with Crippen molar-refractivity contribution in [3.05, 3.63) is 47.3 Å². The van der Waals surface area contributed by atoms with Gasteiger partial charge in [-0.3, -0.25) is 0 Å². The fourth-order valence-electron chi connectivity index (χ4n) is 2.09. The molecule has 0 unspecified atom stereocenters. The van der Waals surface area contributed by atoms with Gasteiger partial charge in [-0.25, -0.2) is 14.3 Å². The Labute approximate surface area is 128 Å². The van der Waals surface area contributed by atoms with Gasteiger partial charge in [-0.15, -0.1) is 0 Å². The standard InChI is InChI=1S/C16H18N2O4/c1-4-22-16(21)13-9-14(10(2)3)18(17-13)12-7-5-6-11(8-12)15(19)20/h5-10H,4H2,1-3H3,(H,19,20). The predicted octanol–water partition coefficient (Wildman–Crippen LogP) is 2.87. The molecule has 1 aromatic carbocycles. The third-order valence-electron chi connectivity index (χ3n) is 3.15. The first-order chi connectivity index (χ1) is 10.4. The number of benzene rings is 1. The molecule has 0 aliphatic rings. The van der Waals surface area contributed by atoms with E-state index in [1.807, 2.05) is 13.8 Å². The van der Waals surface area contributed by atoms with Crippen LogP contribution in [-0.4, -0.2) is 33.4 Å². The molecule has 6 nitrogen and oxygen atoms in total. The molecule has 0 bridgehead atoms. The highest BCUT2D eigenvalue weighted by atomic mass is 16.5. The Bertz CT molecular complexity index is 704. The van der Waals surface area contributed by atoms with E-state index in [0.29, 0.717) is 5.69 Å². The van der Waals surface area contributed by atoms with Crippen molar-refractivity contribution >= 4 is 11.9 Å². The molecule has 22 heavy (non-hydrogen) atoms. The van der Waals surface area contributed by atoms with Gasteiger partial charge in [-0.2, -0.15) is 5.10 Å². The van der Waals surface area contributed by atoms with Crippen LogP contribution >= 0.6 is 0 Å². The molecule has 1 N–H and O–H groups in total. The summed E-state index contributed by atoms with van der Waals surface area (Å²) in [5, 5.41) is 13.4. The molecule has 0 amide bonds. The van der Waals surface area contributed by atoms with Crippen LogP contribution in [0.2, 0.25) is 0 Å². The number of ether oxygens (including phenoxy) is 1. The van der Waals surface area contributed by atoms with E-state index in [0.717, 1.165) is 5.69 Å². The second-order valence-electron chi connectivity index (χ2n) is 5.10. The zero-order chi connectivity index (χ0) is 16.3. The van der Waals surface area contributed by atoms with Crippen LogP contribution < -0.4 is 0 Å². The van der Waals surface area contributed by atoms with Crippen molar-refractivity contribution in [2.75, 3.05) is 6.61 Å². The lowest BCUT2D eigenvalue weighted by Crippen LogP contribution is -2.08. The van der Waals surface area contributed by atoms with Gasteiger partial charge in [0.05, 0.1) is 17.9 Å². The molecular formula is C16H18N2O4. The van der Waals surface area contributed by atoms with E-state index in [-0.39, 0.29) is 23.8 Å². The average Bonchev–Trinajstić information content (AvgIpc) is 2.93. The summed E-state index contributed by atoms with van der Waals surface area (Å²) >= 11 is 0. The van der Waals surface area contributed by atoms with Crippen molar-refractivity contribution in [1.82, 2.24) is 9.78 Å². The zero-order valence-electron chi connectivity index (χ0n) is 12.7. The summed E-state index contributed by atoms with van der Waals surface area (Å²) in [4.78, 5) is 22.9. The van der Waals surface area contributed by atoms with E-state index in [1.54, 1.807) is 29.8 Å². The third kappa shape index (κ3) is 3.16. The number of carboxylic acids is 1. The summed E-state index contributed by atoms with van der Waals surface area (Å²) in [5.74, 6) is -1.38. The smallest absolute Gasteiger partial charge is 0.358 e. The summed E-state index contributed by atoms with van der Waals surface area (Å²) in [6.07, 6.45) is 0. The maximum Gasteiger partial charge on any atom is 0.358 e. The van der Waals surface area contributed by atoms with Crippen LogP contribution in [0.3, 0.4) is 0 Å². The van der Waals surface area contributed by atoms with Crippen molar-refractivity contribution in [3.8, 4) is 5.69 Å². The molecule has 0 aliphatic heterocycles. The van der Waals surface area contributed by atoms with Crippen LogP contribution in [0.25, 0.3) is 5.69 Å². The highest BCUT2D eigenvalue weighted by Gasteiger charge is 2.18. The number of carbonyl (C=O) groups excluding carboxylic acids is 1. The van der Waals surface area contributed by atoms with Gasteiger partial charge in [0.15, 0.2) is 5.69 Å². The third-order valence-corrected chi connectivity index (χ3v) is 3.15. The topological polar surface area (TPSA) is 81.4 Å². The maximum absolute atomic E-state index is 11.8. The number of carbonyl (C=O) groups is 2. The molecule has 0 spiro atoms. The molecular weight excluding hydrogens is 284 g/mol. The Morgan fingerprint density at radius 1 is 1.32 bits per heavy atom. The van der Waals surface area contributed by atoms with Crippen molar-refractivity contribution < 1.29 is 19.4 Å². The molecule has 116 valence electrons. The van der Waals surface area contributed by atoms with Gasteiger partial charge in [0.2, 0.25) is 0 Å². The molecule has 0 radical (unpaired) electrons. The minimum absolute atomic E-state index is 0.115. The van der Waals surface area contributed by atoms with Crippen LogP contribution in [0.5, 0.6) is 0 Å². The van der Waals surface area contributed by atoms with Gasteiger partial charge < -0.3 is 9.84 Å². The monoisotopic (exact) mass is 302 g/mol. The molecule has 0 atom stereocenters. The second-order valence-corrected chi connectivity index (χ2v) is 5.10. The van der Waals surface area contributed by atoms with E-state index in [2.05, 4.69) is 5.10 Å². The first-order valence-electron chi connectivity index (χ1n) is 7.04. The number of esters is 1. The van der Waals surface area contributed by atoms with Gasteiger partial charge in [0, 0.05) is 5.69 Å². The Hall–Kier alpha value is -2.63. The number of aromatic nitrogens is 2. The highest BCUT2D eigenvalue weighted by Crippen LogP contribution is 2.21. The molecule has 0 fully saturated rings. The van der Waals surface area contributed by atoms with Crippen LogP contribution in [0.1, 0.15) is 53.2 Å². The molecule has 1 aromatic heterocycles. The molecule has 0 saturated carbocycles. The van der Waals surface area contributed by atoms with Gasteiger partial charge in [0.1, 0.15) is 0 Å². The quantitative estimate of drug-likeness (QED) is 0.859. The van der Waals surface area contributed by atoms with Crippen molar-refractivity contribution in [3.63, 3.8) is 0 Å². The summed E-state index contributed by atoms with van der Waals surface area (Å²) in [6, 6.07) is 8.11. The van der Waals surface area contributed by atoms with E-state index in [4.69, 9.17) is 9.84 Å². The lowest BCUT2D eigenvalue weighted by molar-refractivity contribution is 0.0518. The lowest BCUT2D eigenvalue weighted by Gasteiger charge is -2.10. The molecule has 1 heterocycles. The van der Waals surface area contributed by atoms with Crippen molar-refractivity contribution in [2.24, 2.45) is 0 Å². The van der Waals surface area contributed by atoms with Crippen LogP contribution in [0, 0.1) is 0 Å². The first-order valence-corrected chi connectivity index (χ1v) is 7.04. The molecule has 2 rings (SSSR count). The van der Waals surface area contributed by atoms with Gasteiger partial charge in [-0.1, -0.05) is 19.9 Å². The number of rotatable bonds is 5. The summed E-state index contributed by atoms with van der Waals surface area (Å²) in [6.45, 7) is 5.96. The van der Waals surface area contributed by atoms with Crippen molar-refractivity contribution in [1.29, 1.82) is 0 Å². The minimum atomic E-state index is -1.01. The predicted molar refractivity (Wildman–Crippen MR) is 80.6 cm³/mol. The average molecular weight is 302 g/mol. The Balaban J connectivity index is 2.51. The molecule has 6 heteroatoms. The minimum Gasteiger partial charge on any atom is -0.478 e. The molecule has 0 aliphatic carbocycles. The fourth-order valence-corrected chi connectivity index (χ4v) is 2.09. The van der Waals surface area contributed by atoms with Gasteiger partial charge >= 0.3 is 11.9 Å². The van der Waals surface area contributed by atoms with Crippen molar-refractivity contribution in [2.45, 2.75) is 26.7 Å². The summed E-state index contributed by atoms with van der Waals surface area (Å²) in [7, 11) is 0. The largest absolute Gasteiger partial charge is 0.478 e. The Morgan fingerprint density at radius 2 is 2.05 bits per heavy atom. The van der Waals surface area contributed by atoms with E-state index in [1.165, 1.54) is 12.1 Å². The fraction of sp³-hybridized carbons (Fsp3) is 0.312. The highest BCUT2D eigenvalue weighted by molar-refractivity contribution is 5.88. The molecule has 2 aromatic rings.